The highest BCUT2D eigenvalue weighted by molar-refractivity contribution is 7.91. The van der Waals surface area contributed by atoms with Crippen LogP contribution in [0.1, 0.15) is 85.2 Å². The van der Waals surface area contributed by atoms with Gasteiger partial charge in [-0.2, -0.15) is 0 Å². The molecule has 5 heterocycles. The number of benzene rings is 2. The first-order valence-corrected chi connectivity index (χ1v) is 18.5. The number of ether oxygens (including phenoxy) is 1. The molecule has 3 aromatic rings. The Labute approximate surface area is 270 Å². The van der Waals surface area contributed by atoms with E-state index >= 15 is 0 Å². The van der Waals surface area contributed by atoms with Crippen molar-refractivity contribution in [1.82, 2.24) is 19.1 Å². The monoisotopic (exact) mass is 642 g/mol. The summed E-state index contributed by atoms with van der Waals surface area (Å²) in [5.41, 5.74) is 6.24. The van der Waals surface area contributed by atoms with Crippen LogP contribution >= 0.6 is 0 Å². The number of fused-ring (bicyclic) bond motifs is 9. The maximum atomic E-state index is 14.5. The van der Waals surface area contributed by atoms with Crippen LogP contribution in [0.25, 0.3) is 28.2 Å². The maximum absolute atomic E-state index is 14.5. The lowest BCUT2D eigenvalue weighted by Crippen LogP contribution is -2.42. The van der Waals surface area contributed by atoms with Gasteiger partial charge in [0.25, 0.3) is 11.8 Å². The number of hydrogen-bond donors (Lipinski definition) is 1. The van der Waals surface area contributed by atoms with Gasteiger partial charge in [0.05, 0.1) is 24.6 Å². The summed E-state index contributed by atoms with van der Waals surface area (Å²) in [5, 5.41) is 0.584. The SMILES string of the molecule is COc1ccc2c(c1)C=C(C(=O)N1CCN3CCC1CC3)Cn1c-2c(C2CCCCC2)c2ccc(C(=O)NS(=O)(=O)C3CC3)cc21. The van der Waals surface area contributed by atoms with E-state index in [-0.39, 0.29) is 11.9 Å². The molecule has 2 saturated carbocycles. The number of piperidine rings is 1. The van der Waals surface area contributed by atoms with Crippen LogP contribution in [0, 0.1) is 0 Å². The van der Waals surface area contributed by atoms with Gasteiger partial charge in [0.1, 0.15) is 5.75 Å². The number of carbonyl (C=O) groups is 2. The van der Waals surface area contributed by atoms with Gasteiger partial charge in [0.15, 0.2) is 0 Å². The van der Waals surface area contributed by atoms with Crippen LogP contribution in [-0.2, 0) is 21.4 Å². The van der Waals surface area contributed by atoms with Gasteiger partial charge in [0.2, 0.25) is 10.0 Å². The summed E-state index contributed by atoms with van der Waals surface area (Å²) in [6, 6.07) is 11.9. The Balaban J connectivity index is 1.29. The van der Waals surface area contributed by atoms with Crippen molar-refractivity contribution in [2.24, 2.45) is 0 Å². The van der Waals surface area contributed by atoms with Gasteiger partial charge in [-0.25, -0.2) is 13.1 Å². The first-order chi connectivity index (χ1) is 22.3. The predicted octanol–water partition coefficient (Wildman–Crippen LogP) is 5.29. The van der Waals surface area contributed by atoms with Crippen LogP contribution in [0.15, 0.2) is 42.0 Å². The van der Waals surface area contributed by atoms with Crippen LogP contribution in [0.4, 0.5) is 0 Å². The smallest absolute Gasteiger partial charge is 0.264 e. The highest BCUT2D eigenvalue weighted by Crippen LogP contribution is 2.47. The van der Waals surface area contributed by atoms with Crippen LogP contribution in [0.5, 0.6) is 5.75 Å². The number of methoxy groups -OCH3 is 1. The minimum atomic E-state index is -3.69. The standard InChI is InChI=1S/C36H42N4O5S/c1-45-28-8-12-30-25(20-28)19-26(36(42)39-18-17-38-15-13-27(39)14-16-38)22-40-32-21-24(35(41)37-46(43,44)29-9-10-29)7-11-31(32)33(34(30)40)23-5-3-2-4-6-23/h7-8,11-12,19-21,23,27,29H,2-6,9-10,13-18,22H2,1H3,(H,37,41). The Morgan fingerprint density at radius 3 is 2.41 bits per heavy atom. The number of rotatable bonds is 6. The molecule has 46 heavy (non-hydrogen) atoms. The molecule has 10 heteroatoms. The van der Waals surface area contributed by atoms with E-state index < -0.39 is 21.2 Å². The third-order valence-electron chi connectivity index (χ3n) is 10.9. The highest BCUT2D eigenvalue weighted by atomic mass is 32.2. The number of hydrogen-bond acceptors (Lipinski definition) is 6. The number of nitrogens with one attached hydrogen (secondary N) is 1. The Kier molecular flexibility index (Phi) is 7.48. The molecule has 0 atom stereocenters. The Hall–Kier alpha value is -3.63. The average Bonchev–Trinajstić information content (AvgIpc) is 3.93. The van der Waals surface area contributed by atoms with Gasteiger partial charge in [-0.05, 0) is 92.0 Å². The minimum Gasteiger partial charge on any atom is -0.497 e. The number of amides is 2. The Bertz CT molecular complexity index is 1860. The summed E-state index contributed by atoms with van der Waals surface area (Å²) in [6.45, 7) is 4.05. The van der Waals surface area contributed by atoms with Crippen LogP contribution < -0.4 is 9.46 Å². The second-order valence-corrected chi connectivity index (χ2v) is 15.7. The molecule has 6 aliphatic rings. The van der Waals surface area contributed by atoms with E-state index in [9.17, 15) is 18.0 Å². The molecule has 0 unspecified atom stereocenters. The van der Waals surface area contributed by atoms with Crippen molar-refractivity contribution in [3.8, 4) is 17.0 Å². The normalized spacial score (nSPS) is 23.2. The summed E-state index contributed by atoms with van der Waals surface area (Å²) >= 11 is 0. The van der Waals surface area contributed by atoms with Crippen molar-refractivity contribution in [2.75, 3.05) is 33.3 Å². The first-order valence-electron chi connectivity index (χ1n) is 16.9. The zero-order chi connectivity index (χ0) is 31.6. The molecule has 9 rings (SSSR count). The van der Waals surface area contributed by atoms with E-state index in [1.165, 1.54) is 24.8 Å². The van der Waals surface area contributed by atoms with Crippen LogP contribution in [0.3, 0.4) is 0 Å². The zero-order valence-electron chi connectivity index (χ0n) is 26.5. The van der Waals surface area contributed by atoms with E-state index in [1.54, 1.807) is 13.2 Å². The molecule has 2 bridgehead atoms. The molecule has 9 nitrogen and oxygen atoms in total. The molecular weight excluding hydrogens is 600 g/mol. The van der Waals surface area contributed by atoms with E-state index in [0.29, 0.717) is 36.4 Å². The van der Waals surface area contributed by atoms with Crippen molar-refractivity contribution >= 4 is 38.8 Å². The molecule has 1 N–H and O–H groups in total. The number of sulfonamides is 1. The van der Waals surface area contributed by atoms with E-state index in [1.807, 2.05) is 24.3 Å². The second-order valence-electron chi connectivity index (χ2n) is 13.8. The van der Waals surface area contributed by atoms with Gasteiger partial charge < -0.3 is 19.1 Å². The largest absolute Gasteiger partial charge is 0.497 e. The van der Waals surface area contributed by atoms with E-state index in [2.05, 4.69) is 31.2 Å². The summed E-state index contributed by atoms with van der Waals surface area (Å²) in [7, 11) is -2.03. The van der Waals surface area contributed by atoms with Gasteiger partial charge in [-0.15, -0.1) is 0 Å². The number of nitrogens with zero attached hydrogens (tertiary/aromatic N) is 3. The fraction of sp³-hybridized carbons (Fsp3) is 0.500. The second kappa shape index (κ2) is 11.6. The van der Waals surface area contributed by atoms with E-state index in [4.69, 9.17) is 4.74 Å². The van der Waals surface area contributed by atoms with Gasteiger partial charge >= 0.3 is 0 Å². The molecule has 2 aromatic carbocycles. The highest BCUT2D eigenvalue weighted by Gasteiger charge is 2.38. The fourth-order valence-corrected chi connectivity index (χ4v) is 9.60. The third kappa shape index (κ3) is 5.23. The predicted molar refractivity (Wildman–Crippen MR) is 178 cm³/mol. The number of carbonyl (C=O) groups excluding carboxylic acids is 2. The summed E-state index contributed by atoms with van der Waals surface area (Å²) < 4.78 is 35.5. The molecule has 5 fully saturated rings. The summed E-state index contributed by atoms with van der Waals surface area (Å²) in [6.07, 6.45) is 11.0. The summed E-state index contributed by atoms with van der Waals surface area (Å²) in [4.78, 5) is 32.4. The number of aromatic nitrogens is 1. The quantitative estimate of drug-likeness (QED) is 0.392. The molecule has 4 aliphatic heterocycles. The van der Waals surface area contributed by atoms with Gasteiger partial charge in [-0.1, -0.05) is 25.3 Å². The molecule has 0 spiro atoms. The molecule has 0 radical (unpaired) electrons. The van der Waals surface area contributed by atoms with Crippen molar-refractivity contribution in [2.45, 2.75) is 81.5 Å². The molecule has 3 saturated heterocycles. The molecule has 242 valence electrons. The van der Waals surface area contributed by atoms with Gasteiger partial charge in [0, 0.05) is 59.8 Å². The average molecular weight is 643 g/mol. The molecular formula is C36H42N4O5S. The van der Waals surface area contributed by atoms with Crippen molar-refractivity contribution < 1.29 is 22.7 Å². The van der Waals surface area contributed by atoms with E-state index in [0.717, 1.165) is 85.3 Å². The van der Waals surface area contributed by atoms with Crippen molar-refractivity contribution in [3.63, 3.8) is 0 Å². The molecule has 1 aromatic heterocycles. The maximum Gasteiger partial charge on any atom is 0.264 e. The van der Waals surface area contributed by atoms with Crippen LogP contribution in [-0.4, -0.2) is 79.2 Å². The van der Waals surface area contributed by atoms with Crippen molar-refractivity contribution in [1.29, 1.82) is 0 Å². The summed E-state index contributed by atoms with van der Waals surface area (Å²) in [5.74, 6) is 0.553. The van der Waals surface area contributed by atoms with Crippen LogP contribution in [0.2, 0.25) is 0 Å². The fourth-order valence-electron chi connectivity index (χ4n) is 8.30. The zero-order valence-corrected chi connectivity index (χ0v) is 27.3. The Morgan fingerprint density at radius 1 is 0.891 bits per heavy atom. The lowest BCUT2D eigenvalue weighted by molar-refractivity contribution is -0.129. The topological polar surface area (TPSA) is 101 Å². The third-order valence-corrected chi connectivity index (χ3v) is 12.8. The van der Waals surface area contributed by atoms with Gasteiger partial charge in [-0.3, -0.25) is 9.59 Å². The molecule has 2 amide bonds. The molecule has 2 aliphatic carbocycles. The first kappa shape index (κ1) is 29.8. The minimum absolute atomic E-state index is 0.0702. The van der Waals surface area contributed by atoms with Crippen molar-refractivity contribution in [3.05, 3.63) is 58.7 Å². The lowest BCUT2D eigenvalue weighted by Gasteiger charge is -2.32. The lowest BCUT2D eigenvalue weighted by atomic mass is 9.81. The Morgan fingerprint density at radius 2 is 1.67 bits per heavy atom.